The molecule has 0 saturated heterocycles. The number of rotatable bonds is 8. The van der Waals surface area contributed by atoms with Gasteiger partial charge >= 0.3 is 5.97 Å². The van der Waals surface area contributed by atoms with Gasteiger partial charge in [0.05, 0.1) is 17.5 Å². The predicted octanol–water partition coefficient (Wildman–Crippen LogP) is 3.50. The van der Waals surface area contributed by atoms with Crippen molar-refractivity contribution in [3.05, 3.63) is 45.3 Å². The van der Waals surface area contributed by atoms with Crippen molar-refractivity contribution in [1.82, 2.24) is 4.98 Å². The summed E-state index contributed by atoms with van der Waals surface area (Å²) in [5, 5.41) is 3.01. The van der Waals surface area contributed by atoms with Crippen LogP contribution in [0.25, 0.3) is 21.5 Å². The third-order valence-corrected chi connectivity index (χ3v) is 5.53. The van der Waals surface area contributed by atoms with Gasteiger partial charge in [0, 0.05) is 23.6 Å². The average molecular weight is 402 g/mol. The van der Waals surface area contributed by atoms with Gasteiger partial charge in [-0.25, -0.2) is 4.98 Å². The van der Waals surface area contributed by atoms with Gasteiger partial charge in [-0.3, -0.25) is 9.59 Å². The van der Waals surface area contributed by atoms with Crippen LogP contribution in [0.4, 0.5) is 0 Å². The maximum atomic E-state index is 12.9. The molecule has 0 fully saturated rings. The second-order valence-corrected chi connectivity index (χ2v) is 7.58. The number of carbonyl (C=O) groups is 1. The molecule has 0 saturated carbocycles. The van der Waals surface area contributed by atoms with Gasteiger partial charge < -0.3 is 14.9 Å². The van der Waals surface area contributed by atoms with Crippen molar-refractivity contribution < 1.29 is 19.7 Å². The summed E-state index contributed by atoms with van der Waals surface area (Å²) in [7, 11) is 0. The number of aryl methyl sites for hydroxylation is 2. The van der Waals surface area contributed by atoms with Crippen molar-refractivity contribution in [1.29, 1.82) is 0 Å². The van der Waals surface area contributed by atoms with Crippen molar-refractivity contribution in [2.24, 2.45) is 0 Å². The molecule has 0 spiro atoms. The van der Waals surface area contributed by atoms with E-state index in [9.17, 15) is 9.59 Å². The second kappa shape index (κ2) is 9.12. The summed E-state index contributed by atoms with van der Waals surface area (Å²) in [6.45, 7) is 4.72. The molecular weight excluding hydrogens is 376 g/mol. The molecule has 0 aliphatic carbocycles. The van der Waals surface area contributed by atoms with Crippen molar-refractivity contribution in [2.45, 2.75) is 46.0 Å². The fourth-order valence-electron chi connectivity index (χ4n) is 3.00. The smallest absolute Gasteiger partial charge is 0.311 e. The molecule has 3 N–H and O–H groups in total. The predicted molar refractivity (Wildman–Crippen MR) is 110 cm³/mol. The van der Waals surface area contributed by atoms with Crippen LogP contribution in [-0.4, -0.2) is 17.5 Å². The molecule has 2 aromatic heterocycles. The van der Waals surface area contributed by atoms with E-state index in [1.54, 1.807) is 12.1 Å². The molecule has 0 radical (unpaired) electrons. The van der Waals surface area contributed by atoms with E-state index in [0.717, 1.165) is 37.1 Å². The number of carbonyl (C=O) groups excluding carboxylic acids is 1. The summed E-state index contributed by atoms with van der Waals surface area (Å²) in [5.41, 5.74) is 6.19. The number of esters is 1. The number of hydrogen-bond donors (Lipinski definition) is 1. The first kappa shape index (κ1) is 20.2. The normalized spacial score (nSPS) is 11.1. The maximum Gasteiger partial charge on any atom is 0.311 e. The molecule has 0 atom stereocenters. The number of nitrogens with zero attached hydrogens (tertiary/aromatic N) is 1. The van der Waals surface area contributed by atoms with E-state index in [-0.39, 0.29) is 11.4 Å². The van der Waals surface area contributed by atoms with Crippen LogP contribution in [0, 0.1) is 6.92 Å². The summed E-state index contributed by atoms with van der Waals surface area (Å²) >= 11 is 1.41. The Morgan fingerprint density at radius 3 is 2.79 bits per heavy atom. The Morgan fingerprint density at radius 2 is 2.11 bits per heavy atom. The Hall–Kier alpha value is -2.51. The zero-order valence-corrected chi connectivity index (χ0v) is 17.1. The van der Waals surface area contributed by atoms with Crippen LogP contribution in [0.2, 0.25) is 0 Å². The molecule has 2 heterocycles. The molecular formula is C21H25N2O4S+. The van der Waals surface area contributed by atoms with Gasteiger partial charge in [0.2, 0.25) is 5.43 Å². The molecule has 0 aliphatic rings. The molecule has 28 heavy (non-hydrogen) atoms. The number of hydrogen-bond acceptors (Lipinski definition) is 6. The lowest BCUT2D eigenvalue weighted by Crippen LogP contribution is -2.50. The topological polar surface area (TPSA) is 97.0 Å². The molecule has 0 aliphatic heterocycles. The fraction of sp³-hybridized carbons (Fsp3) is 0.381. The highest BCUT2D eigenvalue weighted by Crippen LogP contribution is 2.28. The van der Waals surface area contributed by atoms with Gasteiger partial charge in [0.1, 0.15) is 22.6 Å². The molecule has 6 nitrogen and oxygen atoms in total. The van der Waals surface area contributed by atoms with Gasteiger partial charge in [0.25, 0.3) is 0 Å². The number of fused-ring (bicyclic) bond motifs is 1. The molecule has 3 rings (SSSR count). The largest absolute Gasteiger partial charge is 0.463 e. The fourth-order valence-corrected chi connectivity index (χ4v) is 3.79. The van der Waals surface area contributed by atoms with Gasteiger partial charge in [-0.15, -0.1) is 11.3 Å². The molecule has 3 aromatic rings. The first-order chi connectivity index (χ1) is 13.5. The standard InChI is InChI=1S/C21H24N2O4S/c1-3-14-9-15-18(10-17(14)27-19(24)7-5-4-6-8-22)26-11-16(20(15)25)21-23-13(2)12-28-21/h9-12H,3-8,22H2,1-2H3/p+1. The molecule has 0 amide bonds. The highest BCUT2D eigenvalue weighted by atomic mass is 32.1. The van der Waals surface area contributed by atoms with E-state index in [0.29, 0.717) is 40.1 Å². The van der Waals surface area contributed by atoms with E-state index in [2.05, 4.69) is 10.7 Å². The maximum absolute atomic E-state index is 12.9. The van der Waals surface area contributed by atoms with E-state index in [4.69, 9.17) is 9.15 Å². The highest BCUT2D eigenvalue weighted by molar-refractivity contribution is 7.13. The Morgan fingerprint density at radius 1 is 1.29 bits per heavy atom. The zero-order chi connectivity index (χ0) is 20.1. The molecule has 7 heteroatoms. The highest BCUT2D eigenvalue weighted by Gasteiger charge is 2.16. The van der Waals surface area contributed by atoms with Gasteiger partial charge in [-0.2, -0.15) is 0 Å². The number of unbranched alkanes of at least 4 members (excludes halogenated alkanes) is 2. The van der Waals surface area contributed by atoms with Gasteiger partial charge in [-0.05, 0) is 44.2 Å². The third-order valence-electron chi connectivity index (χ3n) is 4.54. The summed E-state index contributed by atoms with van der Waals surface area (Å²) in [6.07, 6.45) is 5.20. The van der Waals surface area contributed by atoms with E-state index in [1.165, 1.54) is 17.6 Å². The van der Waals surface area contributed by atoms with E-state index < -0.39 is 0 Å². The number of quaternary nitrogens is 1. The van der Waals surface area contributed by atoms with E-state index in [1.807, 2.05) is 19.2 Å². The van der Waals surface area contributed by atoms with Crippen LogP contribution in [0.5, 0.6) is 5.75 Å². The van der Waals surface area contributed by atoms with Crippen LogP contribution < -0.4 is 15.9 Å². The third kappa shape index (κ3) is 4.48. The average Bonchev–Trinajstić information content (AvgIpc) is 3.11. The van der Waals surface area contributed by atoms with Crippen molar-refractivity contribution >= 4 is 28.3 Å². The lowest BCUT2D eigenvalue weighted by molar-refractivity contribution is -0.368. The lowest BCUT2D eigenvalue weighted by atomic mass is 10.1. The van der Waals surface area contributed by atoms with Crippen LogP contribution in [0.3, 0.4) is 0 Å². The summed E-state index contributed by atoms with van der Waals surface area (Å²) in [5.74, 6) is 0.188. The minimum Gasteiger partial charge on any atom is -0.463 e. The first-order valence-corrected chi connectivity index (χ1v) is 10.4. The first-order valence-electron chi connectivity index (χ1n) is 9.54. The van der Waals surface area contributed by atoms with E-state index >= 15 is 0 Å². The minimum atomic E-state index is -0.268. The minimum absolute atomic E-state index is 0.128. The van der Waals surface area contributed by atoms with Crippen LogP contribution in [0.1, 0.15) is 43.9 Å². The molecule has 148 valence electrons. The summed E-state index contributed by atoms with van der Waals surface area (Å²) < 4.78 is 11.2. The Balaban J connectivity index is 1.89. The van der Waals surface area contributed by atoms with Crippen molar-refractivity contribution in [3.63, 3.8) is 0 Å². The SMILES string of the molecule is CCc1cc2c(=O)c(-c3nc(C)cs3)coc2cc1OC(=O)CCCCC[NH3+]. The zero-order valence-electron chi connectivity index (χ0n) is 16.2. The van der Waals surface area contributed by atoms with Gasteiger partial charge in [0.15, 0.2) is 0 Å². The van der Waals surface area contributed by atoms with Gasteiger partial charge in [-0.1, -0.05) is 6.92 Å². The Bertz CT molecular complexity index is 1040. The Labute approximate surface area is 167 Å². The number of thiazole rings is 1. The number of aromatic nitrogens is 1. The van der Waals surface area contributed by atoms with Crippen molar-refractivity contribution in [2.75, 3.05) is 6.54 Å². The summed E-state index contributed by atoms with van der Waals surface area (Å²) in [4.78, 5) is 29.5. The lowest BCUT2D eigenvalue weighted by Gasteiger charge is -2.10. The summed E-state index contributed by atoms with van der Waals surface area (Å²) in [6, 6.07) is 3.40. The number of benzene rings is 1. The number of ether oxygens (including phenoxy) is 1. The van der Waals surface area contributed by atoms with Crippen LogP contribution in [0.15, 0.2) is 33.0 Å². The van der Waals surface area contributed by atoms with Crippen LogP contribution >= 0.6 is 11.3 Å². The quantitative estimate of drug-likeness (QED) is 0.354. The monoisotopic (exact) mass is 401 g/mol. The van der Waals surface area contributed by atoms with Crippen LogP contribution in [-0.2, 0) is 11.2 Å². The Kier molecular flexibility index (Phi) is 6.59. The molecule has 0 unspecified atom stereocenters. The van der Waals surface area contributed by atoms with Crippen molar-refractivity contribution in [3.8, 4) is 16.3 Å². The molecule has 1 aromatic carbocycles. The second-order valence-electron chi connectivity index (χ2n) is 6.72. The molecule has 0 bridgehead atoms.